The van der Waals surface area contributed by atoms with Crippen molar-refractivity contribution in [3.63, 3.8) is 0 Å². The van der Waals surface area contributed by atoms with Gasteiger partial charge in [0.1, 0.15) is 5.75 Å². The summed E-state index contributed by atoms with van der Waals surface area (Å²) in [6.45, 7) is 0. The van der Waals surface area contributed by atoms with Crippen LogP contribution in [0, 0.1) is 0 Å². The maximum Gasteiger partial charge on any atom is 0.336 e. The Hall–Kier alpha value is -2.81. The van der Waals surface area contributed by atoms with E-state index in [1.54, 1.807) is 60.7 Å². The predicted molar refractivity (Wildman–Crippen MR) is 79.2 cm³/mol. The second kappa shape index (κ2) is 6.38. The van der Waals surface area contributed by atoms with Crippen LogP contribution in [0.3, 0.4) is 0 Å². The Labute approximate surface area is 117 Å². The summed E-state index contributed by atoms with van der Waals surface area (Å²) >= 11 is 0. The molecule has 0 amide bonds. The topological polar surface area (TPSA) is 57.5 Å². The fraction of sp³-hybridized carbons (Fsp3) is 0. The molecule has 0 unspecified atom stereocenters. The average molecular weight is 266 g/mol. The number of aromatic hydroxyl groups is 1. The fourth-order valence-electron chi connectivity index (χ4n) is 1.79. The third kappa shape index (κ3) is 3.59. The molecule has 0 aromatic heterocycles. The quantitative estimate of drug-likeness (QED) is 0.657. The number of carboxylic acids is 1. The molecule has 2 rings (SSSR count). The summed E-state index contributed by atoms with van der Waals surface area (Å²) < 4.78 is 0. The normalized spacial score (nSPS) is 11.7. The molecule has 0 saturated heterocycles. The van der Waals surface area contributed by atoms with Crippen molar-refractivity contribution >= 4 is 17.6 Å². The van der Waals surface area contributed by atoms with Crippen molar-refractivity contribution in [1.82, 2.24) is 0 Å². The van der Waals surface area contributed by atoms with Crippen LogP contribution in [0.4, 0.5) is 0 Å². The van der Waals surface area contributed by atoms with Crippen LogP contribution in [-0.4, -0.2) is 16.2 Å². The van der Waals surface area contributed by atoms with Gasteiger partial charge >= 0.3 is 5.97 Å². The summed E-state index contributed by atoms with van der Waals surface area (Å²) in [6.07, 6.45) is 4.94. The Morgan fingerprint density at radius 1 is 1.00 bits per heavy atom. The molecule has 0 fully saturated rings. The number of rotatable bonds is 4. The molecule has 0 aliphatic carbocycles. The van der Waals surface area contributed by atoms with E-state index >= 15 is 0 Å². The highest BCUT2D eigenvalue weighted by molar-refractivity contribution is 6.15. The Bertz CT molecular complexity index is 655. The summed E-state index contributed by atoms with van der Waals surface area (Å²) in [7, 11) is 0. The minimum Gasteiger partial charge on any atom is -0.508 e. The summed E-state index contributed by atoms with van der Waals surface area (Å²) in [5, 5.41) is 18.6. The maximum atomic E-state index is 11.3. The van der Waals surface area contributed by atoms with E-state index in [1.165, 1.54) is 0 Å². The minimum absolute atomic E-state index is 0.178. The van der Waals surface area contributed by atoms with Crippen LogP contribution in [0.25, 0.3) is 11.6 Å². The predicted octanol–water partition coefficient (Wildman–Crippen LogP) is 3.57. The SMILES string of the molecule is O=C(O)/C(=C\C=C\c1cccc(O)c1)c1ccccc1. The zero-order chi connectivity index (χ0) is 14.4. The van der Waals surface area contributed by atoms with E-state index in [9.17, 15) is 15.0 Å². The lowest BCUT2D eigenvalue weighted by molar-refractivity contribution is -0.130. The van der Waals surface area contributed by atoms with Gasteiger partial charge in [0.05, 0.1) is 5.57 Å². The number of hydrogen-bond acceptors (Lipinski definition) is 2. The van der Waals surface area contributed by atoms with E-state index < -0.39 is 5.97 Å². The molecule has 0 radical (unpaired) electrons. The number of carboxylic acid groups (broad SMARTS) is 1. The van der Waals surface area contributed by atoms with Gasteiger partial charge in [-0.05, 0) is 29.3 Å². The van der Waals surface area contributed by atoms with Gasteiger partial charge in [-0.15, -0.1) is 0 Å². The van der Waals surface area contributed by atoms with Gasteiger partial charge in [-0.2, -0.15) is 0 Å². The number of allylic oxidation sites excluding steroid dienone is 2. The maximum absolute atomic E-state index is 11.3. The lowest BCUT2D eigenvalue weighted by atomic mass is 10.1. The summed E-state index contributed by atoms with van der Waals surface area (Å²) in [6, 6.07) is 15.7. The number of benzene rings is 2. The first kappa shape index (κ1) is 13.6. The monoisotopic (exact) mass is 266 g/mol. The van der Waals surface area contributed by atoms with Crippen LogP contribution in [-0.2, 0) is 4.79 Å². The molecule has 3 nitrogen and oxygen atoms in total. The van der Waals surface area contributed by atoms with Crippen molar-refractivity contribution < 1.29 is 15.0 Å². The van der Waals surface area contributed by atoms with E-state index in [1.807, 2.05) is 12.1 Å². The number of phenols is 1. The minimum atomic E-state index is -0.975. The molecule has 0 spiro atoms. The Morgan fingerprint density at radius 3 is 2.40 bits per heavy atom. The molecule has 0 aliphatic heterocycles. The van der Waals surface area contributed by atoms with Crippen LogP contribution in [0.15, 0.2) is 66.7 Å². The number of hydrogen-bond donors (Lipinski definition) is 2. The largest absolute Gasteiger partial charge is 0.508 e. The van der Waals surface area contributed by atoms with E-state index in [-0.39, 0.29) is 11.3 Å². The van der Waals surface area contributed by atoms with Gasteiger partial charge in [0.15, 0.2) is 0 Å². The van der Waals surface area contributed by atoms with Crippen molar-refractivity contribution in [1.29, 1.82) is 0 Å². The van der Waals surface area contributed by atoms with Crippen LogP contribution in [0.2, 0.25) is 0 Å². The number of aliphatic carboxylic acids is 1. The lowest BCUT2D eigenvalue weighted by Crippen LogP contribution is -1.98. The summed E-state index contributed by atoms with van der Waals surface area (Å²) in [5.74, 6) is -0.797. The molecule has 0 bridgehead atoms. The molecule has 0 heterocycles. The van der Waals surface area contributed by atoms with Gasteiger partial charge in [-0.3, -0.25) is 0 Å². The van der Waals surface area contributed by atoms with Gasteiger partial charge in [-0.1, -0.05) is 54.6 Å². The first-order chi connectivity index (χ1) is 9.66. The van der Waals surface area contributed by atoms with Crippen molar-refractivity contribution in [2.45, 2.75) is 0 Å². The highest BCUT2D eigenvalue weighted by atomic mass is 16.4. The Morgan fingerprint density at radius 2 is 1.75 bits per heavy atom. The van der Waals surface area contributed by atoms with Gasteiger partial charge in [0, 0.05) is 0 Å². The van der Waals surface area contributed by atoms with Crippen LogP contribution >= 0.6 is 0 Å². The van der Waals surface area contributed by atoms with E-state index in [4.69, 9.17) is 0 Å². The van der Waals surface area contributed by atoms with E-state index in [0.29, 0.717) is 5.56 Å². The van der Waals surface area contributed by atoms with Crippen LogP contribution < -0.4 is 0 Å². The Kier molecular flexibility index (Phi) is 4.35. The summed E-state index contributed by atoms with van der Waals surface area (Å²) in [4.78, 5) is 11.3. The molecular weight excluding hydrogens is 252 g/mol. The van der Waals surface area contributed by atoms with Gasteiger partial charge in [-0.25, -0.2) is 4.79 Å². The highest BCUT2D eigenvalue weighted by Crippen LogP contribution is 2.16. The molecule has 20 heavy (non-hydrogen) atoms. The standard InChI is InChI=1S/C17H14O3/c18-15-10-4-6-13(12-15)7-5-11-16(17(19)20)14-8-2-1-3-9-14/h1-12,18H,(H,19,20)/b7-5+,16-11-. The molecular formula is C17H14O3. The third-order valence-electron chi connectivity index (χ3n) is 2.74. The van der Waals surface area contributed by atoms with Crippen molar-refractivity contribution in [3.05, 3.63) is 77.9 Å². The number of carbonyl (C=O) groups is 1. The fourth-order valence-corrected chi connectivity index (χ4v) is 1.79. The van der Waals surface area contributed by atoms with Crippen molar-refractivity contribution in [2.75, 3.05) is 0 Å². The van der Waals surface area contributed by atoms with Crippen LogP contribution in [0.5, 0.6) is 5.75 Å². The lowest BCUT2D eigenvalue weighted by Gasteiger charge is -2.00. The smallest absolute Gasteiger partial charge is 0.336 e. The first-order valence-corrected chi connectivity index (χ1v) is 6.13. The molecule has 0 atom stereocenters. The second-order valence-corrected chi connectivity index (χ2v) is 4.21. The number of phenolic OH excluding ortho intramolecular Hbond substituents is 1. The molecule has 2 aromatic carbocycles. The van der Waals surface area contributed by atoms with E-state index in [2.05, 4.69) is 0 Å². The molecule has 100 valence electrons. The zero-order valence-electron chi connectivity index (χ0n) is 10.7. The molecule has 2 aromatic rings. The molecule has 2 N–H and O–H groups in total. The van der Waals surface area contributed by atoms with Gasteiger partial charge < -0.3 is 10.2 Å². The van der Waals surface area contributed by atoms with Crippen LogP contribution in [0.1, 0.15) is 11.1 Å². The Balaban J connectivity index is 2.25. The zero-order valence-corrected chi connectivity index (χ0v) is 10.7. The highest BCUT2D eigenvalue weighted by Gasteiger charge is 2.07. The molecule has 0 aliphatic rings. The van der Waals surface area contributed by atoms with Crippen molar-refractivity contribution in [3.8, 4) is 5.75 Å². The van der Waals surface area contributed by atoms with Gasteiger partial charge in [0.25, 0.3) is 0 Å². The average Bonchev–Trinajstić information content (AvgIpc) is 2.44. The van der Waals surface area contributed by atoms with E-state index in [0.717, 1.165) is 5.56 Å². The molecule has 3 heteroatoms. The van der Waals surface area contributed by atoms with Gasteiger partial charge in [0.2, 0.25) is 0 Å². The second-order valence-electron chi connectivity index (χ2n) is 4.21. The molecule has 0 saturated carbocycles. The summed E-state index contributed by atoms with van der Waals surface area (Å²) in [5.41, 5.74) is 1.68. The van der Waals surface area contributed by atoms with Crippen molar-refractivity contribution in [2.24, 2.45) is 0 Å². The third-order valence-corrected chi connectivity index (χ3v) is 2.74. The first-order valence-electron chi connectivity index (χ1n) is 6.13.